The Morgan fingerprint density at radius 2 is 2.05 bits per heavy atom. The van der Waals surface area contributed by atoms with Crippen LogP contribution >= 0.6 is 0 Å². The smallest absolute Gasteiger partial charge is 0.165 e. The van der Waals surface area contributed by atoms with Crippen LogP contribution in [0.25, 0.3) is 10.9 Å². The number of benzene rings is 1. The first-order chi connectivity index (χ1) is 9.33. The molecule has 2 aromatic rings. The second kappa shape index (κ2) is 5.61. The van der Waals surface area contributed by atoms with Crippen molar-refractivity contribution in [2.24, 2.45) is 0 Å². The molecular weight excluding hydrogens is 243 g/mol. The Morgan fingerprint density at radius 1 is 1.21 bits per heavy atom. The number of rotatable bonds is 4. The topological polar surface area (TPSA) is 28.3 Å². The molecule has 19 heavy (non-hydrogen) atoms. The van der Waals surface area contributed by atoms with Crippen LogP contribution in [0.3, 0.4) is 0 Å². The number of halogens is 1. The predicted molar refractivity (Wildman–Crippen MR) is 74.0 cm³/mol. The van der Waals surface area contributed by atoms with E-state index in [-0.39, 0.29) is 5.82 Å². The van der Waals surface area contributed by atoms with Crippen LogP contribution in [0.5, 0.6) is 5.75 Å². The van der Waals surface area contributed by atoms with Crippen molar-refractivity contribution in [1.82, 2.24) is 9.88 Å². The fourth-order valence-electron chi connectivity index (χ4n) is 2.63. The van der Waals surface area contributed by atoms with Crippen LogP contribution in [-0.4, -0.2) is 36.1 Å². The van der Waals surface area contributed by atoms with Gasteiger partial charge in [-0.15, -0.1) is 0 Å². The van der Waals surface area contributed by atoms with Gasteiger partial charge in [0.1, 0.15) is 6.61 Å². The fourth-order valence-corrected chi connectivity index (χ4v) is 2.63. The zero-order valence-electron chi connectivity index (χ0n) is 11.0. The largest absolute Gasteiger partial charge is 0.489 e. The van der Waals surface area contributed by atoms with Crippen molar-refractivity contribution < 1.29 is 9.13 Å². The van der Waals surface area contributed by atoms with Crippen molar-refractivity contribution in [1.29, 1.82) is 0 Å². The molecule has 3 nitrogen and oxygen atoms in total. The molecule has 1 N–H and O–H groups in total. The van der Waals surface area contributed by atoms with E-state index in [9.17, 15) is 4.39 Å². The summed E-state index contributed by atoms with van der Waals surface area (Å²) in [6.45, 7) is 3.70. The summed E-state index contributed by atoms with van der Waals surface area (Å²) in [5.74, 6) is 0.0534. The zero-order valence-corrected chi connectivity index (χ0v) is 11.0. The van der Waals surface area contributed by atoms with Gasteiger partial charge in [-0.2, -0.15) is 0 Å². The average molecular weight is 262 g/mol. The van der Waals surface area contributed by atoms with Crippen LogP contribution in [0, 0.1) is 5.82 Å². The zero-order chi connectivity index (χ0) is 13.1. The van der Waals surface area contributed by atoms with Crippen molar-refractivity contribution in [2.45, 2.75) is 19.3 Å². The Bertz CT molecular complexity index is 546. The summed E-state index contributed by atoms with van der Waals surface area (Å²) in [5.41, 5.74) is 0.911. The monoisotopic (exact) mass is 262 g/mol. The van der Waals surface area contributed by atoms with Gasteiger partial charge in [0.25, 0.3) is 0 Å². The van der Waals surface area contributed by atoms with Crippen LogP contribution in [0.2, 0.25) is 0 Å². The lowest BCUT2D eigenvalue weighted by Gasteiger charge is -2.26. The van der Waals surface area contributed by atoms with Crippen LogP contribution < -0.4 is 4.74 Å². The van der Waals surface area contributed by atoms with Gasteiger partial charge in [-0.05, 0) is 38.1 Å². The molecule has 0 unspecified atom stereocenters. The maximum Gasteiger partial charge on any atom is 0.165 e. The van der Waals surface area contributed by atoms with Crippen LogP contribution in [-0.2, 0) is 0 Å². The van der Waals surface area contributed by atoms with Crippen molar-refractivity contribution in [3.8, 4) is 5.75 Å². The molecule has 102 valence electrons. The lowest BCUT2D eigenvalue weighted by molar-refractivity contribution is 0.180. The number of H-pyrrole nitrogens is 1. The molecule has 1 saturated heterocycles. The fraction of sp³-hybridized carbons (Fsp3) is 0.467. The molecule has 1 aliphatic heterocycles. The highest BCUT2D eigenvalue weighted by Gasteiger charge is 2.11. The molecule has 0 amide bonds. The van der Waals surface area contributed by atoms with Gasteiger partial charge >= 0.3 is 0 Å². The average Bonchev–Trinajstić information content (AvgIpc) is 2.87. The van der Waals surface area contributed by atoms with Crippen molar-refractivity contribution in [3.05, 3.63) is 30.2 Å². The highest BCUT2D eigenvalue weighted by molar-refractivity contribution is 5.80. The number of fused-ring (bicyclic) bond motifs is 1. The summed E-state index contributed by atoms with van der Waals surface area (Å²) in [7, 11) is 0. The molecule has 0 spiro atoms. The van der Waals surface area contributed by atoms with Gasteiger partial charge in [0.05, 0.1) is 0 Å². The van der Waals surface area contributed by atoms with E-state index in [0.717, 1.165) is 30.5 Å². The lowest BCUT2D eigenvalue weighted by atomic mass is 10.1. The summed E-state index contributed by atoms with van der Waals surface area (Å²) >= 11 is 0. The number of hydrogen-bond donors (Lipinski definition) is 1. The summed E-state index contributed by atoms with van der Waals surface area (Å²) < 4.78 is 19.4. The van der Waals surface area contributed by atoms with Gasteiger partial charge in [0.15, 0.2) is 11.6 Å². The highest BCUT2D eigenvalue weighted by atomic mass is 19.1. The lowest BCUT2D eigenvalue weighted by Crippen LogP contribution is -2.33. The maximum absolute atomic E-state index is 13.8. The Kier molecular flexibility index (Phi) is 3.69. The number of likely N-dealkylation sites (tertiary alicyclic amines) is 1. The minimum absolute atomic E-state index is 0.286. The molecule has 0 atom stereocenters. The highest BCUT2D eigenvalue weighted by Crippen LogP contribution is 2.23. The molecule has 1 fully saturated rings. The first-order valence-corrected chi connectivity index (χ1v) is 6.95. The third kappa shape index (κ3) is 2.89. The Morgan fingerprint density at radius 3 is 2.89 bits per heavy atom. The van der Waals surface area contributed by atoms with E-state index in [2.05, 4.69) is 9.88 Å². The van der Waals surface area contributed by atoms with Crippen molar-refractivity contribution in [3.63, 3.8) is 0 Å². The SMILES string of the molecule is Fc1cc2cc[nH]c2cc1OCCN1CCCCC1. The van der Waals surface area contributed by atoms with Gasteiger partial charge in [-0.25, -0.2) is 4.39 Å². The van der Waals surface area contributed by atoms with Crippen molar-refractivity contribution in [2.75, 3.05) is 26.2 Å². The maximum atomic E-state index is 13.8. The number of nitrogens with one attached hydrogen (secondary N) is 1. The Balaban J connectivity index is 1.59. The minimum atomic E-state index is -0.286. The summed E-state index contributed by atoms with van der Waals surface area (Å²) in [6, 6.07) is 5.11. The first-order valence-electron chi connectivity index (χ1n) is 6.95. The number of aromatic amines is 1. The third-order valence-corrected chi connectivity index (χ3v) is 3.72. The molecule has 1 aliphatic rings. The number of ether oxygens (including phenoxy) is 1. The number of piperidine rings is 1. The van der Waals surface area contributed by atoms with E-state index in [0.29, 0.717) is 12.4 Å². The van der Waals surface area contributed by atoms with Gasteiger partial charge < -0.3 is 9.72 Å². The number of nitrogens with zero attached hydrogens (tertiary/aromatic N) is 1. The second-order valence-corrected chi connectivity index (χ2v) is 5.10. The van der Waals surface area contributed by atoms with E-state index >= 15 is 0 Å². The van der Waals surface area contributed by atoms with E-state index in [1.807, 2.05) is 12.3 Å². The summed E-state index contributed by atoms with van der Waals surface area (Å²) in [4.78, 5) is 5.45. The quantitative estimate of drug-likeness (QED) is 0.916. The van der Waals surface area contributed by atoms with E-state index in [1.54, 1.807) is 6.07 Å². The summed E-state index contributed by atoms with van der Waals surface area (Å²) in [6.07, 6.45) is 5.67. The number of aromatic nitrogens is 1. The standard InChI is InChI=1S/C15H19FN2O/c16-13-10-12-4-5-17-14(12)11-15(13)19-9-8-18-6-2-1-3-7-18/h4-5,10-11,17H,1-3,6-9H2. The molecule has 1 aromatic heterocycles. The van der Waals surface area contributed by atoms with Gasteiger partial charge in [-0.1, -0.05) is 6.42 Å². The first kappa shape index (κ1) is 12.5. The molecule has 0 saturated carbocycles. The molecule has 1 aromatic carbocycles. The van der Waals surface area contributed by atoms with Gasteiger partial charge in [0, 0.05) is 29.7 Å². The molecule has 0 radical (unpaired) electrons. The predicted octanol–water partition coefficient (Wildman–Crippen LogP) is 3.17. The van der Waals surface area contributed by atoms with E-state index < -0.39 is 0 Å². The third-order valence-electron chi connectivity index (χ3n) is 3.72. The van der Waals surface area contributed by atoms with Gasteiger partial charge in [0.2, 0.25) is 0 Å². The molecular formula is C15H19FN2O. The van der Waals surface area contributed by atoms with Crippen LogP contribution in [0.15, 0.2) is 24.4 Å². The Labute approximate surface area is 112 Å². The Hall–Kier alpha value is -1.55. The molecule has 0 bridgehead atoms. The second-order valence-electron chi connectivity index (χ2n) is 5.10. The molecule has 4 heteroatoms. The summed E-state index contributed by atoms with van der Waals surface area (Å²) in [5, 5.41) is 0.876. The van der Waals surface area contributed by atoms with E-state index in [4.69, 9.17) is 4.74 Å². The molecule has 3 rings (SSSR count). The van der Waals surface area contributed by atoms with Crippen molar-refractivity contribution >= 4 is 10.9 Å². The molecule has 2 heterocycles. The van der Waals surface area contributed by atoms with Gasteiger partial charge in [-0.3, -0.25) is 4.90 Å². The van der Waals surface area contributed by atoms with Crippen LogP contribution in [0.4, 0.5) is 4.39 Å². The van der Waals surface area contributed by atoms with Crippen LogP contribution in [0.1, 0.15) is 19.3 Å². The normalized spacial score (nSPS) is 16.9. The number of hydrogen-bond acceptors (Lipinski definition) is 2. The molecule has 0 aliphatic carbocycles. The minimum Gasteiger partial charge on any atom is -0.489 e. The van der Waals surface area contributed by atoms with E-state index in [1.165, 1.54) is 25.3 Å².